The van der Waals surface area contributed by atoms with Gasteiger partial charge in [-0.3, -0.25) is 4.90 Å². The number of nitrogens with zero attached hydrogens (tertiary/aromatic N) is 2. The van der Waals surface area contributed by atoms with E-state index in [0.717, 1.165) is 6.54 Å². The fourth-order valence-electron chi connectivity index (χ4n) is 4.30. The molecule has 0 aromatic heterocycles. The van der Waals surface area contributed by atoms with Gasteiger partial charge in [0.25, 0.3) is 0 Å². The van der Waals surface area contributed by atoms with Crippen LogP contribution >= 0.6 is 0 Å². The molecule has 2 N–H and O–H groups in total. The minimum atomic E-state index is 0.292. The Morgan fingerprint density at radius 3 is 2.26 bits per heavy atom. The number of rotatable bonds is 4. The summed E-state index contributed by atoms with van der Waals surface area (Å²) in [6.07, 6.45) is 6.57. The summed E-state index contributed by atoms with van der Waals surface area (Å²) in [5.41, 5.74) is 6.99. The summed E-state index contributed by atoms with van der Waals surface area (Å²) in [5.74, 6) is 0. The van der Waals surface area contributed by atoms with Crippen molar-refractivity contribution in [3.05, 3.63) is 0 Å². The van der Waals surface area contributed by atoms with E-state index in [2.05, 4.69) is 30.6 Å². The molecule has 1 unspecified atom stereocenters. The lowest BCUT2D eigenvalue weighted by molar-refractivity contribution is -0.0190. The van der Waals surface area contributed by atoms with Crippen molar-refractivity contribution in [2.45, 2.75) is 58.4 Å². The lowest BCUT2D eigenvalue weighted by atomic mass is 9.67. The summed E-state index contributed by atoms with van der Waals surface area (Å²) >= 11 is 0. The average molecular weight is 267 g/mol. The molecule has 1 atom stereocenters. The largest absolute Gasteiger partial charge is 0.329 e. The zero-order valence-corrected chi connectivity index (χ0v) is 13.2. The maximum atomic E-state index is 6.23. The lowest BCUT2D eigenvalue weighted by Gasteiger charge is -2.53. The van der Waals surface area contributed by atoms with Crippen LogP contribution in [0.3, 0.4) is 0 Å². The van der Waals surface area contributed by atoms with E-state index in [1.165, 1.54) is 64.8 Å². The second-order valence-electron chi connectivity index (χ2n) is 7.45. The lowest BCUT2D eigenvalue weighted by Crippen LogP contribution is -2.62. The molecule has 1 saturated carbocycles. The number of hydrogen-bond donors (Lipinski definition) is 1. The molecule has 1 heterocycles. The van der Waals surface area contributed by atoms with Crippen molar-refractivity contribution in [3.8, 4) is 0 Å². The third-order valence-corrected chi connectivity index (χ3v) is 5.27. The van der Waals surface area contributed by atoms with Gasteiger partial charge in [-0.05, 0) is 37.6 Å². The average Bonchev–Trinajstić information content (AvgIpc) is 2.38. The summed E-state index contributed by atoms with van der Waals surface area (Å²) < 4.78 is 0. The molecule has 1 saturated heterocycles. The van der Waals surface area contributed by atoms with Gasteiger partial charge in [0.1, 0.15) is 0 Å². The Balaban J connectivity index is 1.98. The normalized spacial score (nSPS) is 33.5. The number of hydrogen-bond acceptors (Lipinski definition) is 3. The van der Waals surface area contributed by atoms with E-state index in [1.807, 2.05) is 0 Å². The predicted octanol–water partition coefficient (Wildman–Crippen LogP) is 2.31. The van der Waals surface area contributed by atoms with Gasteiger partial charge in [0.15, 0.2) is 0 Å². The zero-order valence-electron chi connectivity index (χ0n) is 13.2. The standard InChI is InChI=1S/C16H33N3/c1-4-8-18-9-11-19(12-10-18)16(14-17)7-5-6-15(2,3)13-16/h4-14,17H2,1-3H3. The Kier molecular flexibility index (Phi) is 4.91. The molecule has 2 rings (SSSR count). The first-order valence-corrected chi connectivity index (χ1v) is 8.19. The van der Waals surface area contributed by atoms with E-state index in [9.17, 15) is 0 Å². The van der Waals surface area contributed by atoms with Gasteiger partial charge in [-0.1, -0.05) is 27.2 Å². The van der Waals surface area contributed by atoms with E-state index in [1.54, 1.807) is 0 Å². The highest BCUT2D eigenvalue weighted by Gasteiger charge is 2.43. The van der Waals surface area contributed by atoms with Crippen molar-refractivity contribution in [2.24, 2.45) is 11.1 Å². The highest BCUT2D eigenvalue weighted by atomic mass is 15.3. The molecule has 19 heavy (non-hydrogen) atoms. The first-order valence-electron chi connectivity index (χ1n) is 8.19. The molecule has 2 fully saturated rings. The van der Waals surface area contributed by atoms with Gasteiger partial charge in [-0.15, -0.1) is 0 Å². The van der Waals surface area contributed by atoms with Crippen LogP contribution in [0.1, 0.15) is 52.9 Å². The molecule has 3 nitrogen and oxygen atoms in total. The second-order valence-corrected chi connectivity index (χ2v) is 7.45. The van der Waals surface area contributed by atoms with Gasteiger partial charge < -0.3 is 10.6 Å². The SMILES string of the molecule is CCCN1CCN(C2(CN)CCCC(C)(C)C2)CC1. The number of piperazine rings is 1. The fourth-order valence-corrected chi connectivity index (χ4v) is 4.30. The molecule has 0 radical (unpaired) electrons. The summed E-state index contributed by atoms with van der Waals surface area (Å²) in [4.78, 5) is 5.33. The highest BCUT2D eigenvalue weighted by molar-refractivity contribution is 5.00. The van der Waals surface area contributed by atoms with Crippen LogP contribution < -0.4 is 5.73 Å². The van der Waals surface area contributed by atoms with Crippen molar-refractivity contribution in [3.63, 3.8) is 0 Å². The topological polar surface area (TPSA) is 32.5 Å². The van der Waals surface area contributed by atoms with Gasteiger partial charge in [-0.25, -0.2) is 0 Å². The summed E-state index contributed by atoms with van der Waals surface area (Å²) in [7, 11) is 0. The fraction of sp³-hybridized carbons (Fsp3) is 1.00. The minimum absolute atomic E-state index is 0.292. The minimum Gasteiger partial charge on any atom is -0.329 e. The molecule has 0 aromatic carbocycles. The van der Waals surface area contributed by atoms with Crippen LogP contribution in [0.15, 0.2) is 0 Å². The molecule has 1 aliphatic carbocycles. The van der Waals surface area contributed by atoms with Crippen molar-refractivity contribution >= 4 is 0 Å². The molecule has 112 valence electrons. The molecule has 2 aliphatic rings. The van der Waals surface area contributed by atoms with Gasteiger partial charge in [-0.2, -0.15) is 0 Å². The van der Waals surface area contributed by atoms with Crippen LogP contribution in [0.2, 0.25) is 0 Å². The van der Waals surface area contributed by atoms with Crippen LogP contribution in [0.25, 0.3) is 0 Å². The first kappa shape index (κ1) is 15.3. The van der Waals surface area contributed by atoms with Crippen LogP contribution in [0.4, 0.5) is 0 Å². The summed E-state index contributed by atoms with van der Waals surface area (Å²) in [6.45, 7) is 14.1. The molecule has 1 aliphatic heterocycles. The van der Waals surface area contributed by atoms with E-state index < -0.39 is 0 Å². The maximum absolute atomic E-state index is 6.23. The Labute approximate surface area is 119 Å². The van der Waals surface area contributed by atoms with Gasteiger partial charge in [0, 0.05) is 38.3 Å². The van der Waals surface area contributed by atoms with Crippen molar-refractivity contribution in [2.75, 3.05) is 39.3 Å². The molecular weight excluding hydrogens is 234 g/mol. The zero-order chi connectivity index (χ0) is 13.9. The van der Waals surface area contributed by atoms with Gasteiger partial charge in [0.2, 0.25) is 0 Å². The van der Waals surface area contributed by atoms with E-state index in [4.69, 9.17) is 5.73 Å². The van der Waals surface area contributed by atoms with Gasteiger partial charge >= 0.3 is 0 Å². The first-order chi connectivity index (χ1) is 9.01. The Morgan fingerprint density at radius 1 is 1.05 bits per heavy atom. The van der Waals surface area contributed by atoms with E-state index in [0.29, 0.717) is 11.0 Å². The molecule has 0 spiro atoms. The quantitative estimate of drug-likeness (QED) is 0.848. The molecule has 0 aromatic rings. The maximum Gasteiger partial charge on any atom is 0.0337 e. The Morgan fingerprint density at radius 2 is 1.74 bits per heavy atom. The Bertz CT molecular complexity index is 282. The molecule has 0 bridgehead atoms. The van der Waals surface area contributed by atoms with Crippen LogP contribution in [-0.2, 0) is 0 Å². The van der Waals surface area contributed by atoms with Crippen molar-refractivity contribution < 1.29 is 0 Å². The van der Waals surface area contributed by atoms with Crippen LogP contribution in [-0.4, -0.2) is 54.6 Å². The summed E-state index contributed by atoms with van der Waals surface area (Å²) in [6, 6.07) is 0. The third kappa shape index (κ3) is 3.50. The monoisotopic (exact) mass is 267 g/mol. The third-order valence-electron chi connectivity index (χ3n) is 5.27. The van der Waals surface area contributed by atoms with Crippen LogP contribution in [0, 0.1) is 5.41 Å². The Hall–Kier alpha value is -0.120. The van der Waals surface area contributed by atoms with E-state index >= 15 is 0 Å². The summed E-state index contributed by atoms with van der Waals surface area (Å²) in [5, 5.41) is 0. The van der Waals surface area contributed by atoms with E-state index in [-0.39, 0.29) is 0 Å². The smallest absolute Gasteiger partial charge is 0.0337 e. The molecule has 3 heteroatoms. The molecule has 0 amide bonds. The van der Waals surface area contributed by atoms with Crippen LogP contribution in [0.5, 0.6) is 0 Å². The number of nitrogens with two attached hydrogens (primary N) is 1. The highest BCUT2D eigenvalue weighted by Crippen LogP contribution is 2.43. The molecular formula is C16H33N3. The predicted molar refractivity (Wildman–Crippen MR) is 82.3 cm³/mol. The van der Waals surface area contributed by atoms with Gasteiger partial charge in [0.05, 0.1) is 0 Å². The van der Waals surface area contributed by atoms with Crippen molar-refractivity contribution in [1.29, 1.82) is 0 Å². The van der Waals surface area contributed by atoms with Crippen molar-refractivity contribution in [1.82, 2.24) is 9.80 Å². The second kappa shape index (κ2) is 6.11.